The Hall–Kier alpha value is -3.12. The molecule has 0 atom stereocenters. The van der Waals surface area contributed by atoms with Crippen LogP contribution < -0.4 is 10.0 Å². The van der Waals surface area contributed by atoms with Crippen LogP contribution in [0, 0.1) is 20.8 Å². The monoisotopic (exact) mass is 394 g/mol. The second kappa shape index (κ2) is 7.86. The second-order valence-corrected chi connectivity index (χ2v) is 8.38. The van der Waals surface area contributed by atoms with Crippen LogP contribution in [0.2, 0.25) is 0 Å². The van der Waals surface area contributed by atoms with Crippen molar-refractivity contribution in [1.29, 1.82) is 0 Å². The van der Waals surface area contributed by atoms with Gasteiger partial charge >= 0.3 is 0 Å². The Labute approximate surface area is 165 Å². The molecule has 0 bridgehead atoms. The minimum Gasteiger partial charge on any atom is -0.322 e. The van der Waals surface area contributed by atoms with Gasteiger partial charge in [0.1, 0.15) is 0 Å². The van der Waals surface area contributed by atoms with Gasteiger partial charge in [0.25, 0.3) is 15.9 Å². The van der Waals surface area contributed by atoms with Crippen LogP contribution >= 0.6 is 0 Å². The van der Waals surface area contributed by atoms with Crippen molar-refractivity contribution in [2.24, 2.45) is 0 Å². The van der Waals surface area contributed by atoms with Crippen LogP contribution in [0.25, 0.3) is 0 Å². The van der Waals surface area contributed by atoms with E-state index in [1.54, 1.807) is 12.1 Å². The Bertz CT molecular complexity index is 1120. The number of sulfonamides is 1. The molecule has 0 aliphatic carbocycles. The molecule has 0 aromatic heterocycles. The number of carbonyl (C=O) groups excluding carboxylic acids is 1. The highest BCUT2D eigenvalue weighted by atomic mass is 32.2. The van der Waals surface area contributed by atoms with Crippen LogP contribution in [-0.2, 0) is 10.0 Å². The summed E-state index contributed by atoms with van der Waals surface area (Å²) in [6, 6.07) is 18.7. The highest BCUT2D eigenvalue weighted by Crippen LogP contribution is 2.20. The molecule has 3 aromatic carbocycles. The zero-order valence-electron chi connectivity index (χ0n) is 16.0. The normalized spacial score (nSPS) is 11.1. The number of hydrogen-bond acceptors (Lipinski definition) is 3. The molecule has 3 rings (SSSR count). The number of benzene rings is 3. The topological polar surface area (TPSA) is 75.3 Å². The van der Waals surface area contributed by atoms with E-state index in [1.165, 1.54) is 24.3 Å². The highest BCUT2D eigenvalue weighted by Gasteiger charge is 2.16. The first-order chi connectivity index (χ1) is 13.3. The average Bonchev–Trinajstić information content (AvgIpc) is 2.66. The molecule has 0 aliphatic heterocycles. The maximum Gasteiger partial charge on any atom is 0.261 e. The number of carbonyl (C=O) groups is 1. The number of rotatable bonds is 5. The van der Waals surface area contributed by atoms with E-state index in [0.29, 0.717) is 11.3 Å². The molecule has 3 aromatic rings. The molecule has 2 N–H and O–H groups in total. The molecule has 0 radical (unpaired) electrons. The molecule has 5 nitrogen and oxygen atoms in total. The molecule has 0 aliphatic rings. The number of anilines is 2. The molecule has 6 heteroatoms. The molecular formula is C22H22N2O3S. The van der Waals surface area contributed by atoms with Gasteiger partial charge < -0.3 is 5.32 Å². The Balaban J connectivity index is 1.76. The molecule has 0 saturated heterocycles. The van der Waals surface area contributed by atoms with Crippen molar-refractivity contribution < 1.29 is 13.2 Å². The summed E-state index contributed by atoms with van der Waals surface area (Å²) in [6.07, 6.45) is 0. The van der Waals surface area contributed by atoms with Crippen molar-refractivity contribution >= 4 is 27.3 Å². The average molecular weight is 394 g/mol. The summed E-state index contributed by atoms with van der Waals surface area (Å²) in [7, 11) is -3.73. The summed E-state index contributed by atoms with van der Waals surface area (Å²) < 4.78 is 27.8. The van der Waals surface area contributed by atoms with Crippen LogP contribution in [0.3, 0.4) is 0 Å². The lowest BCUT2D eigenvalue weighted by molar-refractivity contribution is 0.102. The fourth-order valence-electron chi connectivity index (χ4n) is 2.71. The van der Waals surface area contributed by atoms with Crippen LogP contribution in [0.1, 0.15) is 27.0 Å². The number of para-hydroxylation sites is 1. The highest BCUT2D eigenvalue weighted by molar-refractivity contribution is 7.92. The predicted octanol–water partition coefficient (Wildman–Crippen LogP) is 4.66. The van der Waals surface area contributed by atoms with Crippen LogP contribution in [-0.4, -0.2) is 14.3 Å². The molecule has 0 fully saturated rings. The van der Waals surface area contributed by atoms with E-state index < -0.39 is 10.0 Å². The third kappa shape index (κ3) is 4.40. The third-order valence-corrected chi connectivity index (χ3v) is 5.98. The summed E-state index contributed by atoms with van der Waals surface area (Å²) in [6.45, 7) is 5.80. The van der Waals surface area contributed by atoms with E-state index in [0.717, 1.165) is 22.4 Å². The smallest absolute Gasteiger partial charge is 0.261 e. The van der Waals surface area contributed by atoms with Gasteiger partial charge in [-0.2, -0.15) is 0 Å². The molecule has 1 amide bonds. The van der Waals surface area contributed by atoms with Gasteiger partial charge in [0.05, 0.1) is 4.90 Å². The first-order valence-corrected chi connectivity index (χ1v) is 10.3. The largest absolute Gasteiger partial charge is 0.322 e. The fraction of sp³-hybridized carbons (Fsp3) is 0.136. The lowest BCUT2D eigenvalue weighted by Crippen LogP contribution is -2.15. The van der Waals surface area contributed by atoms with Crippen LogP contribution in [0.5, 0.6) is 0 Å². The van der Waals surface area contributed by atoms with Crippen LogP contribution in [0.4, 0.5) is 11.4 Å². The molecule has 0 spiro atoms. The van der Waals surface area contributed by atoms with Crippen molar-refractivity contribution in [2.45, 2.75) is 25.7 Å². The minimum atomic E-state index is -3.73. The van der Waals surface area contributed by atoms with E-state index in [9.17, 15) is 13.2 Å². The SMILES string of the molecule is Cc1ccc(NS(=O)(=O)c2ccc(C(=O)Nc3ccccc3C)cc2)cc1C. The molecule has 144 valence electrons. The van der Waals surface area contributed by atoms with Gasteiger partial charge in [-0.15, -0.1) is 0 Å². The van der Waals surface area contributed by atoms with Crippen molar-refractivity contribution in [3.63, 3.8) is 0 Å². The van der Waals surface area contributed by atoms with Crippen molar-refractivity contribution in [2.75, 3.05) is 10.0 Å². The van der Waals surface area contributed by atoms with Crippen LogP contribution in [0.15, 0.2) is 71.6 Å². The Morgan fingerprint density at radius 2 is 1.46 bits per heavy atom. The lowest BCUT2D eigenvalue weighted by atomic mass is 10.1. The number of nitrogens with one attached hydrogen (secondary N) is 2. The summed E-state index contributed by atoms with van der Waals surface area (Å²) in [5.74, 6) is -0.291. The lowest BCUT2D eigenvalue weighted by Gasteiger charge is -2.11. The Morgan fingerprint density at radius 1 is 0.786 bits per heavy atom. The van der Waals surface area contributed by atoms with Gasteiger partial charge in [-0.05, 0) is 79.9 Å². The second-order valence-electron chi connectivity index (χ2n) is 6.70. The zero-order chi connectivity index (χ0) is 20.3. The van der Waals surface area contributed by atoms with Crippen molar-refractivity contribution in [3.05, 3.63) is 89.0 Å². The molecule has 0 unspecified atom stereocenters. The van der Waals surface area contributed by atoms with Crippen molar-refractivity contribution in [1.82, 2.24) is 0 Å². The number of hydrogen-bond donors (Lipinski definition) is 2. The summed E-state index contributed by atoms with van der Waals surface area (Å²) in [5, 5.41) is 2.83. The maximum atomic E-state index is 12.6. The zero-order valence-corrected chi connectivity index (χ0v) is 16.8. The van der Waals surface area contributed by atoms with Gasteiger partial charge in [0.2, 0.25) is 0 Å². The summed E-state index contributed by atoms with van der Waals surface area (Å²) in [4.78, 5) is 12.5. The molecule has 0 heterocycles. The first-order valence-electron chi connectivity index (χ1n) is 8.83. The molecular weight excluding hydrogens is 372 g/mol. The fourth-order valence-corrected chi connectivity index (χ4v) is 3.76. The third-order valence-electron chi connectivity index (χ3n) is 4.58. The first kappa shape index (κ1) is 19.6. The maximum absolute atomic E-state index is 12.6. The number of aryl methyl sites for hydroxylation is 3. The minimum absolute atomic E-state index is 0.0955. The van der Waals surface area contributed by atoms with Gasteiger partial charge in [-0.1, -0.05) is 24.3 Å². The predicted molar refractivity (Wildman–Crippen MR) is 112 cm³/mol. The van der Waals surface area contributed by atoms with E-state index in [2.05, 4.69) is 10.0 Å². The number of amides is 1. The summed E-state index contributed by atoms with van der Waals surface area (Å²) >= 11 is 0. The van der Waals surface area contributed by atoms with E-state index in [-0.39, 0.29) is 10.8 Å². The van der Waals surface area contributed by atoms with Crippen molar-refractivity contribution in [3.8, 4) is 0 Å². The summed E-state index contributed by atoms with van der Waals surface area (Å²) in [5.41, 5.74) is 4.65. The van der Waals surface area contributed by atoms with Gasteiger partial charge in [0.15, 0.2) is 0 Å². The van der Waals surface area contributed by atoms with E-state index in [4.69, 9.17) is 0 Å². The Kier molecular flexibility index (Phi) is 5.51. The quantitative estimate of drug-likeness (QED) is 0.661. The molecule has 28 heavy (non-hydrogen) atoms. The van der Waals surface area contributed by atoms with Gasteiger partial charge in [0, 0.05) is 16.9 Å². The standard InChI is InChI=1S/C22H22N2O3S/c1-15-8-11-19(14-17(15)3)24-28(26,27)20-12-9-18(10-13-20)22(25)23-21-7-5-4-6-16(21)2/h4-14,24H,1-3H3,(H,23,25). The van der Waals surface area contributed by atoms with Gasteiger partial charge in [-0.3, -0.25) is 9.52 Å². The van der Waals surface area contributed by atoms with E-state index in [1.807, 2.05) is 51.1 Å². The Morgan fingerprint density at radius 3 is 2.11 bits per heavy atom. The molecule has 0 saturated carbocycles. The van der Waals surface area contributed by atoms with E-state index >= 15 is 0 Å². The van der Waals surface area contributed by atoms with Gasteiger partial charge in [-0.25, -0.2) is 8.42 Å².